The highest BCUT2D eigenvalue weighted by Crippen LogP contribution is 2.73. The van der Waals surface area contributed by atoms with Crippen molar-refractivity contribution >= 4 is 5.71 Å². The largest absolute Gasteiger partial charge is 0.508 e. The van der Waals surface area contributed by atoms with Gasteiger partial charge in [0, 0.05) is 30.5 Å². The maximum Gasteiger partial charge on any atom is 0.151 e. The Morgan fingerprint density at radius 3 is 2.72 bits per heavy atom. The number of phenols is 1. The second-order valence-electron chi connectivity index (χ2n) is 14.9. The van der Waals surface area contributed by atoms with Crippen LogP contribution >= 0.6 is 0 Å². The summed E-state index contributed by atoms with van der Waals surface area (Å²) in [5.74, 6) is 5.04. The van der Waals surface area contributed by atoms with E-state index in [9.17, 15) is 5.11 Å². The molecule has 0 amide bonds. The SMILES string of the molecule is C[C@H]1C[C@H]2O[C@]23[C@@H](C)[C@H]2[C@H](C[C@H]4[C@@H]5CCC6=CC(=NCCc7ccc(O)cc7)C=C[C@]6(C)[C@H]5CC[C@]24C)N3C1. The van der Waals surface area contributed by atoms with E-state index < -0.39 is 0 Å². The predicted octanol–water partition coefficient (Wildman–Crippen LogP) is 6.80. The first-order valence-electron chi connectivity index (χ1n) is 15.9. The van der Waals surface area contributed by atoms with Crippen LogP contribution in [-0.4, -0.2) is 46.7 Å². The van der Waals surface area contributed by atoms with Crippen LogP contribution in [-0.2, 0) is 11.2 Å². The lowest BCUT2D eigenvalue weighted by molar-refractivity contribution is -0.0502. The van der Waals surface area contributed by atoms with Crippen molar-refractivity contribution < 1.29 is 9.84 Å². The van der Waals surface area contributed by atoms with E-state index in [4.69, 9.17) is 9.73 Å². The van der Waals surface area contributed by atoms with E-state index in [0.717, 1.165) is 54.3 Å². The van der Waals surface area contributed by atoms with Gasteiger partial charge in [-0.15, -0.1) is 0 Å². The molecule has 0 bridgehead atoms. The number of hydrogen-bond donors (Lipinski definition) is 1. The topological polar surface area (TPSA) is 48.4 Å². The van der Waals surface area contributed by atoms with Crippen LogP contribution in [0, 0.1) is 46.3 Å². The quantitative estimate of drug-likeness (QED) is 0.441. The number of fused-ring (bicyclic) bond motifs is 8. The highest BCUT2D eigenvalue weighted by molar-refractivity contribution is 6.05. The number of aromatic hydroxyl groups is 1. The van der Waals surface area contributed by atoms with Gasteiger partial charge < -0.3 is 9.84 Å². The Kier molecular flexibility index (Phi) is 5.30. The third-order valence-corrected chi connectivity index (χ3v) is 13.2. The lowest BCUT2D eigenvalue weighted by Crippen LogP contribution is -2.51. The number of aliphatic imine (C=N–C) groups is 1. The second kappa shape index (κ2) is 8.32. The van der Waals surface area contributed by atoms with Crippen molar-refractivity contribution in [2.24, 2.45) is 51.3 Å². The molecule has 0 aromatic heterocycles. The van der Waals surface area contributed by atoms with Crippen molar-refractivity contribution in [1.82, 2.24) is 4.90 Å². The molecule has 208 valence electrons. The Labute approximate surface area is 234 Å². The van der Waals surface area contributed by atoms with Crippen LogP contribution in [0.1, 0.15) is 71.8 Å². The summed E-state index contributed by atoms with van der Waals surface area (Å²) in [5.41, 5.74) is 4.76. The van der Waals surface area contributed by atoms with Crippen molar-refractivity contribution in [1.29, 1.82) is 0 Å². The highest BCUT2D eigenvalue weighted by Gasteiger charge is 2.78. The van der Waals surface area contributed by atoms with Gasteiger partial charge in [0.2, 0.25) is 0 Å². The van der Waals surface area contributed by atoms with Gasteiger partial charge in [-0.05, 0) is 110 Å². The van der Waals surface area contributed by atoms with Crippen molar-refractivity contribution in [3.63, 3.8) is 0 Å². The summed E-state index contributed by atoms with van der Waals surface area (Å²) in [7, 11) is 0. The molecule has 3 heterocycles. The fourth-order valence-electron chi connectivity index (χ4n) is 11.5. The van der Waals surface area contributed by atoms with E-state index >= 15 is 0 Å². The van der Waals surface area contributed by atoms with Gasteiger partial charge in [0.15, 0.2) is 5.72 Å². The highest BCUT2D eigenvalue weighted by atomic mass is 16.6. The Morgan fingerprint density at radius 1 is 1.08 bits per heavy atom. The van der Waals surface area contributed by atoms with Gasteiger partial charge >= 0.3 is 0 Å². The van der Waals surface area contributed by atoms with E-state index in [1.807, 2.05) is 12.1 Å². The van der Waals surface area contributed by atoms with Gasteiger partial charge in [-0.1, -0.05) is 51.5 Å². The zero-order chi connectivity index (χ0) is 26.7. The molecule has 8 rings (SSSR count). The van der Waals surface area contributed by atoms with Crippen molar-refractivity contribution in [2.75, 3.05) is 13.1 Å². The number of hydrogen-bond acceptors (Lipinski definition) is 4. The number of epoxide rings is 1. The number of rotatable bonds is 3. The predicted molar refractivity (Wildman–Crippen MR) is 156 cm³/mol. The van der Waals surface area contributed by atoms with Gasteiger partial charge in [-0.2, -0.15) is 0 Å². The third-order valence-electron chi connectivity index (χ3n) is 13.2. The maximum absolute atomic E-state index is 9.54. The van der Waals surface area contributed by atoms with Crippen LogP contribution in [0.25, 0.3) is 0 Å². The molecule has 1 aromatic carbocycles. The molecule has 1 N–H and O–H groups in total. The number of benzene rings is 1. The standard InChI is InChI=1S/C35H46N2O2/c1-21-17-31-35(39-31)22(2)32-30(37(35)20-21)19-29-27-10-7-24-18-25(36-16-13-23-5-8-26(38)9-6-23)11-14-33(24,3)28(27)12-15-34(29,32)4/h5-6,8-9,11,14,18,21-22,27-32,38H,7,10,12-13,15-17,19-20H2,1-4H3/t21-,22-,27+,28-,29-,30-,31+,32-,33-,34-,35+/m0/s1. The zero-order valence-corrected chi connectivity index (χ0v) is 24.3. The summed E-state index contributed by atoms with van der Waals surface area (Å²) in [6.45, 7) is 12.3. The molecule has 3 aliphatic heterocycles. The summed E-state index contributed by atoms with van der Waals surface area (Å²) >= 11 is 0. The zero-order valence-electron chi connectivity index (χ0n) is 24.3. The molecule has 4 aliphatic carbocycles. The molecule has 4 heteroatoms. The van der Waals surface area contributed by atoms with E-state index in [1.165, 1.54) is 50.6 Å². The van der Waals surface area contributed by atoms with Gasteiger partial charge in [-0.3, -0.25) is 9.89 Å². The molecule has 4 nitrogen and oxygen atoms in total. The molecule has 3 saturated carbocycles. The first-order chi connectivity index (χ1) is 18.7. The lowest BCUT2D eigenvalue weighted by atomic mass is 9.47. The molecule has 1 aromatic rings. The third kappa shape index (κ3) is 3.34. The number of nitrogens with zero attached hydrogens (tertiary/aromatic N) is 2. The smallest absolute Gasteiger partial charge is 0.151 e. The monoisotopic (exact) mass is 526 g/mol. The molecule has 0 radical (unpaired) electrons. The van der Waals surface area contributed by atoms with Crippen LogP contribution in [0.4, 0.5) is 0 Å². The number of phenolic OH excluding ortho intramolecular Hbond substituents is 1. The van der Waals surface area contributed by atoms with Crippen molar-refractivity contribution in [3.8, 4) is 5.75 Å². The van der Waals surface area contributed by atoms with E-state index in [2.05, 4.69) is 50.8 Å². The molecule has 1 spiro atoms. The van der Waals surface area contributed by atoms with Gasteiger partial charge in [0.1, 0.15) is 11.9 Å². The lowest BCUT2D eigenvalue weighted by Gasteiger charge is -2.57. The van der Waals surface area contributed by atoms with Crippen LogP contribution in [0.3, 0.4) is 0 Å². The van der Waals surface area contributed by atoms with Crippen LogP contribution in [0.5, 0.6) is 5.75 Å². The minimum atomic E-state index is 0.102. The summed E-state index contributed by atoms with van der Waals surface area (Å²) in [6, 6.07) is 8.27. The minimum Gasteiger partial charge on any atom is -0.508 e. The van der Waals surface area contributed by atoms with Crippen LogP contribution in [0.15, 0.2) is 53.1 Å². The average molecular weight is 527 g/mol. The Morgan fingerprint density at radius 2 is 1.90 bits per heavy atom. The summed E-state index contributed by atoms with van der Waals surface area (Å²) in [4.78, 5) is 7.87. The molecular formula is C35H46N2O2. The van der Waals surface area contributed by atoms with E-state index in [1.54, 1.807) is 17.7 Å². The molecule has 39 heavy (non-hydrogen) atoms. The Hall–Kier alpha value is -1.91. The van der Waals surface area contributed by atoms with E-state index in [0.29, 0.717) is 23.2 Å². The van der Waals surface area contributed by atoms with Gasteiger partial charge in [0.25, 0.3) is 0 Å². The normalized spacial score (nSPS) is 50.4. The van der Waals surface area contributed by atoms with Crippen molar-refractivity contribution in [3.05, 3.63) is 53.6 Å². The fourth-order valence-corrected chi connectivity index (χ4v) is 11.5. The minimum absolute atomic E-state index is 0.102. The van der Waals surface area contributed by atoms with Crippen molar-refractivity contribution in [2.45, 2.75) is 90.5 Å². The van der Waals surface area contributed by atoms with Crippen LogP contribution < -0.4 is 0 Å². The van der Waals surface area contributed by atoms with E-state index in [-0.39, 0.29) is 11.1 Å². The summed E-state index contributed by atoms with van der Waals surface area (Å²) in [5, 5.41) is 9.54. The average Bonchev–Trinajstić information content (AvgIpc) is 3.50. The maximum atomic E-state index is 9.54. The molecule has 3 saturated heterocycles. The van der Waals surface area contributed by atoms with Crippen LogP contribution in [0.2, 0.25) is 0 Å². The summed E-state index contributed by atoms with van der Waals surface area (Å²) < 4.78 is 6.58. The van der Waals surface area contributed by atoms with Gasteiger partial charge in [-0.25, -0.2) is 0 Å². The Bertz CT molecular complexity index is 1270. The first-order valence-corrected chi connectivity index (χ1v) is 15.9. The number of allylic oxidation sites excluding steroid dienone is 4. The molecule has 0 unspecified atom stereocenters. The molecular weight excluding hydrogens is 480 g/mol. The fraction of sp³-hybridized carbons (Fsp3) is 0.686. The molecule has 6 fully saturated rings. The van der Waals surface area contributed by atoms with Gasteiger partial charge in [0.05, 0.1) is 5.71 Å². The summed E-state index contributed by atoms with van der Waals surface area (Å²) in [6.07, 6.45) is 16.7. The number of piperidine rings is 1. The first kappa shape index (κ1) is 24.9. The molecule has 11 atom stereocenters. The second-order valence-corrected chi connectivity index (χ2v) is 14.9. The Balaban J connectivity index is 1.01. The number of ether oxygens (including phenoxy) is 1. The molecule has 7 aliphatic rings.